The molecule has 1 amide bonds. The van der Waals surface area contributed by atoms with Gasteiger partial charge in [0.2, 0.25) is 0 Å². The van der Waals surface area contributed by atoms with Crippen molar-refractivity contribution in [3.8, 4) is 11.8 Å². The summed E-state index contributed by atoms with van der Waals surface area (Å²) >= 11 is 0. The van der Waals surface area contributed by atoms with E-state index in [9.17, 15) is 4.79 Å². The van der Waals surface area contributed by atoms with E-state index >= 15 is 0 Å². The fourth-order valence-corrected chi connectivity index (χ4v) is 3.51. The Morgan fingerprint density at radius 1 is 0.931 bits per heavy atom. The van der Waals surface area contributed by atoms with Crippen molar-refractivity contribution < 1.29 is 9.53 Å². The smallest absolute Gasteiger partial charge is 0.253 e. The molecule has 2 fully saturated rings. The number of nitriles is 1. The van der Waals surface area contributed by atoms with Gasteiger partial charge in [0, 0.05) is 18.7 Å². The zero-order valence-corrected chi connectivity index (χ0v) is 17.1. The number of carbonyl (C=O) groups excluding carboxylic acids is 1. The quantitative estimate of drug-likeness (QED) is 0.788. The summed E-state index contributed by atoms with van der Waals surface area (Å²) in [6.07, 6.45) is 5.02. The Bertz CT molecular complexity index is 813. The Hall–Kier alpha value is -2.84. The van der Waals surface area contributed by atoms with Crippen LogP contribution in [0.15, 0.2) is 48.5 Å². The summed E-state index contributed by atoms with van der Waals surface area (Å²) in [4.78, 5) is 16.5. The van der Waals surface area contributed by atoms with Crippen LogP contribution >= 0.6 is 0 Å². The average Bonchev–Trinajstić information content (AvgIpc) is 3.47. The molecule has 0 saturated carbocycles. The molecule has 0 N–H and O–H groups in total. The number of likely N-dealkylation sites (tertiary alicyclic amines) is 2. The first-order valence-electron chi connectivity index (χ1n) is 10.4. The van der Waals surface area contributed by atoms with Gasteiger partial charge >= 0.3 is 0 Å². The maximum atomic E-state index is 12.3. The van der Waals surface area contributed by atoms with Gasteiger partial charge in [0.15, 0.2) is 0 Å². The van der Waals surface area contributed by atoms with E-state index in [0.29, 0.717) is 17.7 Å². The van der Waals surface area contributed by atoms with Crippen LogP contribution in [0.25, 0.3) is 0 Å². The predicted molar refractivity (Wildman–Crippen MR) is 114 cm³/mol. The highest BCUT2D eigenvalue weighted by molar-refractivity contribution is 5.94. The Balaban J connectivity index is 0.000000343. The Morgan fingerprint density at radius 2 is 1.52 bits per heavy atom. The van der Waals surface area contributed by atoms with E-state index in [0.717, 1.165) is 37.2 Å². The summed E-state index contributed by atoms with van der Waals surface area (Å²) in [5, 5.41) is 8.77. The van der Waals surface area contributed by atoms with Crippen LogP contribution in [0.1, 0.15) is 47.2 Å². The highest BCUT2D eigenvalue weighted by Crippen LogP contribution is 2.18. The first-order valence-corrected chi connectivity index (χ1v) is 10.4. The van der Waals surface area contributed by atoms with Crippen molar-refractivity contribution in [3.05, 3.63) is 65.2 Å². The third-order valence-corrected chi connectivity index (χ3v) is 5.31. The minimum absolute atomic E-state index is 0.0983. The van der Waals surface area contributed by atoms with Gasteiger partial charge in [0.05, 0.1) is 11.6 Å². The third kappa shape index (κ3) is 6.33. The van der Waals surface area contributed by atoms with Gasteiger partial charge < -0.3 is 14.5 Å². The normalized spacial score (nSPS) is 16.1. The standard InChI is InChI=1S/C19H18N2O2.C5H11N/c20-13-15-3-5-16(6-4-15)14-23-18-9-7-17(8-10-18)19(22)21-11-1-2-12-21;1-6-4-2-3-5-6/h3-10H,1-2,11-12,14H2;2-5H2,1H3. The van der Waals surface area contributed by atoms with Gasteiger partial charge in [-0.3, -0.25) is 4.79 Å². The minimum atomic E-state index is 0.0983. The molecule has 0 radical (unpaired) electrons. The molecule has 2 aromatic carbocycles. The van der Waals surface area contributed by atoms with Crippen LogP contribution < -0.4 is 4.74 Å². The van der Waals surface area contributed by atoms with E-state index in [-0.39, 0.29) is 5.91 Å². The summed E-state index contributed by atoms with van der Waals surface area (Å²) in [7, 11) is 2.17. The van der Waals surface area contributed by atoms with Crippen LogP contribution in [-0.4, -0.2) is 48.9 Å². The number of nitrogens with zero attached hydrogens (tertiary/aromatic N) is 3. The number of rotatable bonds is 4. The largest absolute Gasteiger partial charge is 0.489 e. The molecule has 0 bridgehead atoms. The second-order valence-corrected chi connectivity index (χ2v) is 7.63. The van der Waals surface area contributed by atoms with Crippen LogP contribution in [0.5, 0.6) is 5.75 Å². The first kappa shape index (κ1) is 20.9. The van der Waals surface area contributed by atoms with Gasteiger partial charge in [0.1, 0.15) is 12.4 Å². The van der Waals surface area contributed by atoms with Crippen molar-refractivity contribution in [3.63, 3.8) is 0 Å². The van der Waals surface area contributed by atoms with Crippen LogP contribution in [0.4, 0.5) is 0 Å². The lowest BCUT2D eigenvalue weighted by atomic mass is 10.1. The third-order valence-electron chi connectivity index (χ3n) is 5.31. The van der Waals surface area contributed by atoms with Crippen LogP contribution in [-0.2, 0) is 6.61 Å². The molecule has 0 aliphatic carbocycles. The van der Waals surface area contributed by atoms with Crippen LogP contribution in [0.2, 0.25) is 0 Å². The zero-order chi connectivity index (χ0) is 20.5. The van der Waals surface area contributed by atoms with E-state index in [1.807, 2.05) is 41.3 Å². The number of hydrogen-bond donors (Lipinski definition) is 0. The van der Waals surface area contributed by atoms with E-state index in [1.165, 1.54) is 25.9 Å². The fourth-order valence-electron chi connectivity index (χ4n) is 3.51. The molecular weight excluding hydrogens is 362 g/mol. The maximum absolute atomic E-state index is 12.3. The molecule has 0 spiro atoms. The van der Waals surface area contributed by atoms with Gasteiger partial charge in [-0.15, -0.1) is 0 Å². The Kier molecular flexibility index (Phi) is 7.66. The molecule has 152 valence electrons. The SMILES string of the molecule is CN1CCCC1.N#Cc1ccc(COc2ccc(C(=O)N3CCCC3)cc2)cc1. The molecule has 2 heterocycles. The summed E-state index contributed by atoms with van der Waals surface area (Å²) in [6.45, 7) is 4.79. The van der Waals surface area contributed by atoms with Crippen molar-refractivity contribution >= 4 is 5.91 Å². The number of ether oxygens (including phenoxy) is 1. The molecule has 4 rings (SSSR count). The summed E-state index contributed by atoms with van der Waals surface area (Å²) in [5.41, 5.74) is 2.34. The second kappa shape index (κ2) is 10.6. The maximum Gasteiger partial charge on any atom is 0.253 e. The zero-order valence-electron chi connectivity index (χ0n) is 17.1. The molecular formula is C24H29N3O2. The Morgan fingerprint density at radius 3 is 2.03 bits per heavy atom. The predicted octanol–water partition coefficient (Wildman–Crippen LogP) is 4.09. The molecule has 2 aliphatic rings. The van der Waals surface area contributed by atoms with E-state index in [2.05, 4.69) is 18.0 Å². The van der Waals surface area contributed by atoms with Gasteiger partial charge in [-0.2, -0.15) is 5.26 Å². The van der Waals surface area contributed by atoms with Crippen LogP contribution in [0.3, 0.4) is 0 Å². The van der Waals surface area contributed by atoms with Gasteiger partial charge in [-0.25, -0.2) is 0 Å². The topological polar surface area (TPSA) is 56.6 Å². The lowest BCUT2D eigenvalue weighted by molar-refractivity contribution is 0.0793. The average molecular weight is 392 g/mol. The summed E-state index contributed by atoms with van der Waals surface area (Å²) in [6, 6.07) is 16.7. The van der Waals surface area contributed by atoms with Crippen molar-refractivity contribution in [2.75, 3.05) is 33.2 Å². The minimum Gasteiger partial charge on any atom is -0.489 e. The molecule has 2 aromatic rings. The molecule has 5 nitrogen and oxygen atoms in total. The highest BCUT2D eigenvalue weighted by Gasteiger charge is 2.19. The van der Waals surface area contributed by atoms with E-state index in [1.54, 1.807) is 12.1 Å². The lowest BCUT2D eigenvalue weighted by Crippen LogP contribution is -2.27. The molecule has 2 aliphatic heterocycles. The molecule has 2 saturated heterocycles. The van der Waals surface area contributed by atoms with E-state index in [4.69, 9.17) is 10.00 Å². The number of hydrogen-bond acceptors (Lipinski definition) is 4. The second-order valence-electron chi connectivity index (χ2n) is 7.63. The highest BCUT2D eigenvalue weighted by atomic mass is 16.5. The molecule has 5 heteroatoms. The summed E-state index contributed by atoms with van der Waals surface area (Å²) in [5.74, 6) is 0.827. The number of benzene rings is 2. The summed E-state index contributed by atoms with van der Waals surface area (Å²) < 4.78 is 5.72. The van der Waals surface area contributed by atoms with Crippen molar-refractivity contribution in [2.45, 2.75) is 32.3 Å². The molecule has 0 unspecified atom stereocenters. The monoisotopic (exact) mass is 391 g/mol. The number of amides is 1. The first-order chi connectivity index (χ1) is 14.2. The van der Waals surface area contributed by atoms with Crippen LogP contribution in [0, 0.1) is 11.3 Å². The molecule has 0 aromatic heterocycles. The van der Waals surface area contributed by atoms with Gasteiger partial charge in [-0.05, 0) is 87.8 Å². The Labute approximate surface area is 173 Å². The van der Waals surface area contributed by atoms with Gasteiger partial charge in [-0.1, -0.05) is 12.1 Å². The van der Waals surface area contributed by atoms with Crippen molar-refractivity contribution in [2.24, 2.45) is 0 Å². The lowest BCUT2D eigenvalue weighted by Gasteiger charge is -2.15. The molecule has 0 atom stereocenters. The van der Waals surface area contributed by atoms with Gasteiger partial charge in [0.25, 0.3) is 5.91 Å². The van der Waals surface area contributed by atoms with Crippen molar-refractivity contribution in [1.82, 2.24) is 9.80 Å². The van der Waals surface area contributed by atoms with Crippen molar-refractivity contribution in [1.29, 1.82) is 5.26 Å². The number of carbonyl (C=O) groups is 1. The van der Waals surface area contributed by atoms with E-state index < -0.39 is 0 Å². The molecule has 29 heavy (non-hydrogen) atoms. The fraction of sp³-hybridized carbons (Fsp3) is 0.417.